The number of ether oxygens (including phenoxy) is 1. The van der Waals surface area contributed by atoms with Crippen LogP contribution in [-0.2, 0) is 10.0 Å². The number of hydrogen-bond donors (Lipinski definition) is 1. The summed E-state index contributed by atoms with van der Waals surface area (Å²) >= 11 is 0. The van der Waals surface area contributed by atoms with Crippen LogP contribution in [0, 0.1) is 5.92 Å². The Kier molecular flexibility index (Phi) is 8.50. The lowest BCUT2D eigenvalue weighted by molar-refractivity contribution is 0.289. The summed E-state index contributed by atoms with van der Waals surface area (Å²) in [5.41, 5.74) is 0. The van der Waals surface area contributed by atoms with Gasteiger partial charge in [-0.25, -0.2) is 8.42 Å². The summed E-state index contributed by atoms with van der Waals surface area (Å²) < 4.78 is 32.9. The number of likely N-dealkylation sites (N-methyl/N-ethyl adjacent to an activating group) is 1. The van der Waals surface area contributed by atoms with Crippen LogP contribution in [0.4, 0.5) is 0 Å². The van der Waals surface area contributed by atoms with E-state index in [-0.39, 0.29) is 18.4 Å². The van der Waals surface area contributed by atoms with E-state index < -0.39 is 10.0 Å². The van der Waals surface area contributed by atoms with Gasteiger partial charge >= 0.3 is 0 Å². The van der Waals surface area contributed by atoms with Gasteiger partial charge in [-0.05, 0) is 56.5 Å². The number of sulfonamides is 1. The molecule has 2 rings (SSSR count). The number of rotatable bonds is 8. The summed E-state index contributed by atoms with van der Waals surface area (Å²) in [4.78, 5) is 0.344. The van der Waals surface area contributed by atoms with Gasteiger partial charge in [0, 0.05) is 19.1 Å². The quantitative estimate of drug-likeness (QED) is 0.757. The number of nitrogens with zero attached hydrogens (tertiary/aromatic N) is 1. The molecule has 24 heavy (non-hydrogen) atoms. The number of halogens is 1. The van der Waals surface area contributed by atoms with Crippen molar-refractivity contribution >= 4 is 22.4 Å². The lowest BCUT2D eigenvalue weighted by Gasteiger charge is -2.24. The molecule has 1 atom stereocenters. The van der Waals surface area contributed by atoms with E-state index in [0.717, 1.165) is 25.0 Å². The fourth-order valence-corrected chi connectivity index (χ4v) is 4.51. The Morgan fingerprint density at radius 1 is 1.29 bits per heavy atom. The average molecular weight is 377 g/mol. The van der Waals surface area contributed by atoms with E-state index in [1.165, 1.54) is 0 Å². The molecule has 0 aliphatic carbocycles. The minimum absolute atomic E-state index is 0. The third-order valence-electron chi connectivity index (χ3n) is 4.16. The molecule has 1 heterocycles. The van der Waals surface area contributed by atoms with Gasteiger partial charge < -0.3 is 10.1 Å². The molecule has 1 saturated heterocycles. The topological polar surface area (TPSA) is 58.6 Å². The van der Waals surface area contributed by atoms with Crippen molar-refractivity contribution in [3.63, 3.8) is 0 Å². The SMILES string of the molecule is CNCC1CCCN1S(=O)(=O)c1ccc(OCCC(C)C)cc1.Cl. The molecule has 5 nitrogen and oxygen atoms in total. The molecule has 1 unspecified atom stereocenters. The maximum atomic E-state index is 12.8. The van der Waals surface area contributed by atoms with Crippen LogP contribution in [0.5, 0.6) is 5.75 Å². The molecule has 7 heteroatoms. The highest BCUT2D eigenvalue weighted by Gasteiger charge is 2.34. The molecule has 1 aliphatic rings. The predicted molar refractivity (Wildman–Crippen MR) is 99.5 cm³/mol. The number of hydrogen-bond acceptors (Lipinski definition) is 4. The van der Waals surface area contributed by atoms with Crippen LogP contribution in [-0.4, -0.2) is 45.5 Å². The molecule has 138 valence electrons. The zero-order valence-corrected chi connectivity index (χ0v) is 16.3. The van der Waals surface area contributed by atoms with Crippen molar-refractivity contribution in [3.8, 4) is 5.75 Å². The third-order valence-corrected chi connectivity index (χ3v) is 6.12. The Bertz CT molecular complexity index is 590. The lowest BCUT2D eigenvalue weighted by atomic mass is 10.1. The zero-order chi connectivity index (χ0) is 16.9. The number of benzene rings is 1. The smallest absolute Gasteiger partial charge is 0.243 e. The molecule has 0 bridgehead atoms. The molecule has 0 radical (unpaired) electrons. The van der Waals surface area contributed by atoms with Gasteiger partial charge in [-0.3, -0.25) is 0 Å². The van der Waals surface area contributed by atoms with Crippen molar-refractivity contribution < 1.29 is 13.2 Å². The van der Waals surface area contributed by atoms with E-state index >= 15 is 0 Å². The molecule has 1 aliphatic heterocycles. The Morgan fingerprint density at radius 3 is 2.54 bits per heavy atom. The first kappa shape index (κ1) is 21.2. The van der Waals surface area contributed by atoms with Crippen molar-refractivity contribution in [1.82, 2.24) is 9.62 Å². The highest BCUT2D eigenvalue weighted by molar-refractivity contribution is 7.89. The molecule has 0 aromatic heterocycles. The van der Waals surface area contributed by atoms with Crippen LogP contribution < -0.4 is 10.1 Å². The Balaban J connectivity index is 0.00000288. The third kappa shape index (κ3) is 5.34. The minimum atomic E-state index is -3.42. The minimum Gasteiger partial charge on any atom is -0.494 e. The van der Waals surface area contributed by atoms with Crippen molar-refractivity contribution in [2.45, 2.75) is 44.0 Å². The molecule has 0 spiro atoms. The van der Waals surface area contributed by atoms with E-state index in [1.54, 1.807) is 28.6 Å². The number of nitrogens with one attached hydrogen (secondary N) is 1. The Hall–Kier alpha value is -0.820. The molecule has 1 aromatic carbocycles. The maximum Gasteiger partial charge on any atom is 0.243 e. The first-order valence-electron chi connectivity index (χ1n) is 8.34. The van der Waals surface area contributed by atoms with E-state index in [0.29, 0.717) is 30.5 Å². The molecule has 0 saturated carbocycles. The van der Waals surface area contributed by atoms with Crippen molar-refractivity contribution in [2.75, 3.05) is 26.7 Å². The molecular formula is C17H29ClN2O3S. The lowest BCUT2D eigenvalue weighted by Crippen LogP contribution is -2.40. The average Bonchev–Trinajstić information content (AvgIpc) is 2.97. The summed E-state index contributed by atoms with van der Waals surface area (Å²) in [7, 11) is -1.57. The first-order valence-corrected chi connectivity index (χ1v) is 9.78. The fourth-order valence-electron chi connectivity index (χ4n) is 2.82. The largest absolute Gasteiger partial charge is 0.494 e. The van der Waals surface area contributed by atoms with Gasteiger partial charge in [0.15, 0.2) is 0 Å². The summed E-state index contributed by atoms with van der Waals surface area (Å²) in [5, 5.41) is 3.08. The summed E-state index contributed by atoms with van der Waals surface area (Å²) in [6, 6.07) is 6.84. The normalized spacial score (nSPS) is 18.6. The van der Waals surface area contributed by atoms with Gasteiger partial charge in [-0.15, -0.1) is 12.4 Å². The van der Waals surface area contributed by atoms with Gasteiger partial charge in [0.2, 0.25) is 10.0 Å². The first-order chi connectivity index (χ1) is 10.9. The fraction of sp³-hybridized carbons (Fsp3) is 0.647. The van der Waals surface area contributed by atoms with Crippen molar-refractivity contribution in [2.24, 2.45) is 5.92 Å². The van der Waals surface area contributed by atoms with E-state index in [2.05, 4.69) is 19.2 Å². The molecule has 1 N–H and O–H groups in total. The molecule has 1 fully saturated rings. The summed E-state index contributed by atoms with van der Waals surface area (Å²) in [5.74, 6) is 1.31. The van der Waals surface area contributed by atoms with Crippen molar-refractivity contribution in [1.29, 1.82) is 0 Å². The Labute approximate surface area is 152 Å². The second-order valence-corrected chi connectivity index (χ2v) is 8.36. The van der Waals surface area contributed by atoms with Crippen molar-refractivity contribution in [3.05, 3.63) is 24.3 Å². The molecular weight excluding hydrogens is 348 g/mol. The maximum absolute atomic E-state index is 12.8. The predicted octanol–water partition coefficient (Wildman–Crippen LogP) is 2.91. The van der Waals surface area contributed by atoms with Gasteiger partial charge in [0.05, 0.1) is 11.5 Å². The van der Waals surface area contributed by atoms with Crippen LogP contribution in [0.2, 0.25) is 0 Å². The zero-order valence-electron chi connectivity index (χ0n) is 14.7. The highest BCUT2D eigenvalue weighted by atomic mass is 35.5. The second-order valence-electron chi connectivity index (χ2n) is 6.47. The van der Waals surface area contributed by atoms with Gasteiger partial charge in [-0.1, -0.05) is 13.8 Å². The van der Waals surface area contributed by atoms with E-state index in [1.807, 2.05) is 7.05 Å². The van der Waals surface area contributed by atoms with Crippen LogP contribution in [0.25, 0.3) is 0 Å². The van der Waals surface area contributed by atoms with Crippen LogP contribution in [0.3, 0.4) is 0 Å². The second kappa shape index (κ2) is 9.61. The highest BCUT2D eigenvalue weighted by Crippen LogP contribution is 2.27. The van der Waals surface area contributed by atoms with E-state index in [4.69, 9.17) is 4.74 Å². The Morgan fingerprint density at radius 2 is 1.96 bits per heavy atom. The summed E-state index contributed by atoms with van der Waals surface area (Å²) in [6.45, 7) is 6.24. The van der Waals surface area contributed by atoms with Gasteiger partial charge in [0.1, 0.15) is 5.75 Å². The van der Waals surface area contributed by atoms with Gasteiger partial charge in [0.25, 0.3) is 0 Å². The monoisotopic (exact) mass is 376 g/mol. The van der Waals surface area contributed by atoms with Crippen LogP contribution in [0.1, 0.15) is 33.1 Å². The summed E-state index contributed by atoms with van der Waals surface area (Å²) in [6.07, 6.45) is 2.82. The van der Waals surface area contributed by atoms with E-state index in [9.17, 15) is 8.42 Å². The van der Waals surface area contributed by atoms with Crippen LogP contribution >= 0.6 is 12.4 Å². The van der Waals surface area contributed by atoms with Gasteiger partial charge in [-0.2, -0.15) is 4.31 Å². The molecule has 1 aromatic rings. The standard InChI is InChI=1S/C17H28N2O3S.ClH/c1-14(2)10-12-22-16-6-8-17(9-7-16)23(20,21)19-11-4-5-15(19)13-18-3;/h6-9,14-15,18H,4-5,10-13H2,1-3H3;1H. The molecule has 0 amide bonds. The van der Waals surface area contributed by atoms with Crippen LogP contribution in [0.15, 0.2) is 29.2 Å².